The molecule has 4 aliphatic heterocycles. The maximum Gasteiger partial charge on any atom is 0.320 e. The van der Waals surface area contributed by atoms with Crippen molar-refractivity contribution in [2.24, 2.45) is 13.0 Å². The summed E-state index contributed by atoms with van der Waals surface area (Å²) in [6.07, 6.45) is 6.89. The van der Waals surface area contributed by atoms with Gasteiger partial charge in [-0.15, -0.1) is 0 Å². The van der Waals surface area contributed by atoms with E-state index in [1.54, 1.807) is 7.11 Å². The number of nitrogens with zero attached hydrogens (tertiary/aromatic N) is 4. The lowest BCUT2D eigenvalue weighted by Gasteiger charge is -2.52. The van der Waals surface area contributed by atoms with E-state index in [4.69, 9.17) is 9.47 Å². The zero-order chi connectivity index (χ0) is 20.6. The number of carbonyl (C=O) groups excluding carboxylic acids is 1. The maximum absolute atomic E-state index is 13.4. The number of hydrogen-bond donors (Lipinski definition) is 2. The Morgan fingerprint density at radius 1 is 1.27 bits per heavy atom. The highest BCUT2D eigenvalue weighted by molar-refractivity contribution is 5.78. The predicted molar refractivity (Wildman–Crippen MR) is 109 cm³/mol. The Hall–Kier alpha value is -1.68. The molecule has 1 saturated carbocycles. The number of nitrogens with one attached hydrogen (secondary N) is 2. The summed E-state index contributed by atoms with van der Waals surface area (Å²) in [5.74, 6) is 0.317. The van der Waals surface area contributed by atoms with Gasteiger partial charge in [-0.1, -0.05) is 0 Å². The third kappa shape index (κ3) is 2.55. The first-order valence-corrected chi connectivity index (χ1v) is 11.3. The van der Waals surface area contributed by atoms with Gasteiger partial charge in [-0.2, -0.15) is 5.10 Å². The normalized spacial score (nSPS) is 45.2. The molecule has 4 saturated heterocycles. The Labute approximate surface area is 177 Å². The van der Waals surface area contributed by atoms with Gasteiger partial charge in [0.2, 0.25) is 0 Å². The van der Waals surface area contributed by atoms with Gasteiger partial charge in [0.15, 0.2) is 0 Å². The fourth-order valence-electron chi connectivity index (χ4n) is 6.96. The molecule has 0 aromatic carbocycles. The molecule has 30 heavy (non-hydrogen) atoms. The van der Waals surface area contributed by atoms with E-state index >= 15 is 0 Å². The molecule has 9 unspecified atom stereocenters. The van der Waals surface area contributed by atoms with Crippen molar-refractivity contribution in [3.05, 3.63) is 18.0 Å². The van der Waals surface area contributed by atoms with Crippen LogP contribution in [0.2, 0.25) is 0 Å². The highest BCUT2D eigenvalue weighted by Gasteiger charge is 2.63. The molecule has 5 aliphatic rings. The third-order valence-corrected chi connectivity index (χ3v) is 8.25. The smallest absolute Gasteiger partial charge is 0.320 e. The number of ether oxygens (including phenoxy) is 2. The molecule has 0 spiro atoms. The maximum atomic E-state index is 13.4. The molecule has 1 aromatic heterocycles. The second-order valence-corrected chi connectivity index (χ2v) is 9.62. The van der Waals surface area contributed by atoms with Gasteiger partial charge in [-0.05, 0) is 31.4 Å². The quantitative estimate of drug-likeness (QED) is 0.711. The second-order valence-electron chi connectivity index (χ2n) is 9.62. The second kappa shape index (κ2) is 6.91. The van der Waals surface area contributed by atoms with Crippen molar-refractivity contribution in [3.8, 4) is 0 Å². The summed E-state index contributed by atoms with van der Waals surface area (Å²) in [4.78, 5) is 17.5. The number of amides is 2. The molecule has 6 rings (SSSR count). The van der Waals surface area contributed by atoms with Gasteiger partial charge < -0.3 is 24.6 Å². The molecule has 5 fully saturated rings. The number of piperidine rings is 2. The van der Waals surface area contributed by atoms with E-state index < -0.39 is 0 Å². The molecule has 2 N–H and O–H groups in total. The number of methoxy groups -OCH3 is 1. The number of aromatic nitrogens is 2. The van der Waals surface area contributed by atoms with Gasteiger partial charge in [0.1, 0.15) is 6.23 Å². The number of carbonyl (C=O) groups is 1. The molecule has 9 nitrogen and oxygen atoms in total. The van der Waals surface area contributed by atoms with E-state index in [9.17, 15) is 4.79 Å². The predicted octanol–water partition coefficient (Wildman–Crippen LogP) is 0.0919. The fourth-order valence-corrected chi connectivity index (χ4v) is 6.96. The summed E-state index contributed by atoms with van der Waals surface area (Å²) in [5.41, 5.74) is 1.16. The van der Waals surface area contributed by atoms with Crippen molar-refractivity contribution in [2.45, 2.75) is 67.8 Å². The van der Waals surface area contributed by atoms with Crippen LogP contribution in [0.1, 0.15) is 30.7 Å². The van der Waals surface area contributed by atoms with E-state index in [0.29, 0.717) is 0 Å². The van der Waals surface area contributed by atoms with Crippen LogP contribution in [0.15, 0.2) is 12.4 Å². The number of urea groups is 1. The van der Waals surface area contributed by atoms with Gasteiger partial charge in [0, 0.05) is 51.8 Å². The van der Waals surface area contributed by atoms with E-state index in [2.05, 4.69) is 26.8 Å². The van der Waals surface area contributed by atoms with Crippen LogP contribution < -0.4 is 10.6 Å². The van der Waals surface area contributed by atoms with E-state index in [-0.39, 0.29) is 60.5 Å². The monoisotopic (exact) mass is 416 g/mol. The van der Waals surface area contributed by atoms with Gasteiger partial charge >= 0.3 is 6.03 Å². The van der Waals surface area contributed by atoms with Crippen LogP contribution in [0, 0.1) is 5.92 Å². The fraction of sp³-hybridized carbons (Fsp3) is 0.810. The summed E-state index contributed by atoms with van der Waals surface area (Å²) in [6.45, 7) is 1.76. The van der Waals surface area contributed by atoms with Crippen molar-refractivity contribution < 1.29 is 14.3 Å². The molecule has 9 heteroatoms. The molecular formula is C21H32N6O3. The van der Waals surface area contributed by atoms with Crippen molar-refractivity contribution in [1.29, 1.82) is 0 Å². The lowest BCUT2D eigenvalue weighted by molar-refractivity contribution is -0.132. The molecule has 164 valence electrons. The van der Waals surface area contributed by atoms with Gasteiger partial charge in [0.05, 0.1) is 36.5 Å². The van der Waals surface area contributed by atoms with Crippen LogP contribution in [0.25, 0.3) is 0 Å². The molecule has 9 atom stereocenters. The summed E-state index contributed by atoms with van der Waals surface area (Å²) >= 11 is 0. The average molecular weight is 417 g/mol. The average Bonchev–Trinajstić information content (AvgIpc) is 3.23. The summed E-state index contributed by atoms with van der Waals surface area (Å²) < 4.78 is 14.8. The van der Waals surface area contributed by atoms with E-state index in [1.165, 1.54) is 0 Å². The molecule has 0 radical (unpaired) electrons. The highest BCUT2D eigenvalue weighted by Crippen LogP contribution is 2.49. The molecule has 1 aromatic rings. The zero-order valence-corrected chi connectivity index (χ0v) is 17.9. The summed E-state index contributed by atoms with van der Waals surface area (Å²) in [6, 6.07) is 0.867. The van der Waals surface area contributed by atoms with Crippen molar-refractivity contribution >= 4 is 6.03 Å². The van der Waals surface area contributed by atoms with Gasteiger partial charge in [-0.3, -0.25) is 10.00 Å². The first-order chi connectivity index (χ1) is 14.6. The number of fused-ring (bicyclic) bond motifs is 2. The Morgan fingerprint density at radius 2 is 2.13 bits per heavy atom. The van der Waals surface area contributed by atoms with Crippen molar-refractivity contribution in [1.82, 2.24) is 30.2 Å². The molecular weight excluding hydrogens is 384 g/mol. The minimum atomic E-state index is -0.138. The van der Waals surface area contributed by atoms with Gasteiger partial charge in [0.25, 0.3) is 0 Å². The summed E-state index contributed by atoms with van der Waals surface area (Å²) in [5, 5.41) is 11.8. The van der Waals surface area contributed by atoms with Crippen LogP contribution in [-0.4, -0.2) is 95.5 Å². The summed E-state index contributed by atoms with van der Waals surface area (Å²) in [7, 11) is 5.72. The van der Waals surface area contributed by atoms with E-state index in [0.717, 1.165) is 37.9 Å². The third-order valence-electron chi connectivity index (χ3n) is 8.25. The number of rotatable bonds is 2. The number of hydrogen-bond acceptors (Lipinski definition) is 6. The first-order valence-electron chi connectivity index (χ1n) is 11.3. The largest absolute Gasteiger partial charge is 0.381 e. The Balaban J connectivity index is 1.48. The number of likely N-dealkylation sites (N-methyl/N-ethyl adjacent to an activating group) is 1. The van der Waals surface area contributed by atoms with Crippen LogP contribution in [0.4, 0.5) is 4.79 Å². The Kier molecular flexibility index (Phi) is 4.39. The van der Waals surface area contributed by atoms with Crippen LogP contribution >= 0.6 is 0 Å². The first kappa shape index (κ1) is 19.0. The highest BCUT2D eigenvalue weighted by atomic mass is 16.5. The lowest BCUT2D eigenvalue weighted by Crippen LogP contribution is -2.67. The minimum absolute atomic E-state index is 0.0411. The lowest BCUT2D eigenvalue weighted by atomic mass is 9.66. The Bertz CT molecular complexity index is 831. The minimum Gasteiger partial charge on any atom is -0.381 e. The topological polar surface area (TPSA) is 83.9 Å². The SMILES string of the molecule is COC1CC2NCC3C4C2C(OC2NCCCC2N4C(=O)N3C)C1c1cnn(C)c1. The molecule has 1 aliphatic carbocycles. The van der Waals surface area contributed by atoms with E-state index in [1.807, 2.05) is 29.9 Å². The molecule has 5 heterocycles. The number of aryl methyl sites for hydroxylation is 1. The Morgan fingerprint density at radius 3 is 2.90 bits per heavy atom. The standard InChI is InChI=1S/C21H32N6O3/c1-25-10-11(8-24-25)16-15(29-3)7-12-17-18-14(9-23-12)26(2)21(28)27(18)13-5-4-6-22-20(13)30-19(16)17/h8,10,12-20,22-23H,4-7,9H2,1-3H3. The van der Waals surface area contributed by atoms with Crippen LogP contribution in [-0.2, 0) is 16.5 Å². The van der Waals surface area contributed by atoms with Crippen molar-refractivity contribution in [2.75, 3.05) is 27.2 Å². The van der Waals surface area contributed by atoms with Crippen LogP contribution in [0.5, 0.6) is 0 Å². The van der Waals surface area contributed by atoms with Crippen LogP contribution in [0.3, 0.4) is 0 Å². The van der Waals surface area contributed by atoms with Gasteiger partial charge in [-0.25, -0.2) is 4.79 Å². The molecule has 2 amide bonds. The van der Waals surface area contributed by atoms with Crippen molar-refractivity contribution in [3.63, 3.8) is 0 Å². The molecule has 0 bridgehead atoms. The zero-order valence-electron chi connectivity index (χ0n) is 17.9.